The van der Waals surface area contributed by atoms with Crippen LogP contribution >= 0.6 is 0 Å². The van der Waals surface area contributed by atoms with Crippen LogP contribution in [0.25, 0.3) is 16.8 Å². The molecule has 1 heterocycles. The van der Waals surface area contributed by atoms with Gasteiger partial charge in [-0.05, 0) is 40.6 Å². The smallest absolute Gasteiger partial charge is 0.343 e. The summed E-state index contributed by atoms with van der Waals surface area (Å²) >= 11 is 0. The van der Waals surface area contributed by atoms with Gasteiger partial charge >= 0.3 is 11.9 Å². The molecule has 0 unspecified atom stereocenters. The van der Waals surface area contributed by atoms with Crippen LogP contribution in [0.15, 0.2) is 42.1 Å². The Bertz CT molecular complexity index is 1060. The second-order valence-corrected chi connectivity index (χ2v) is 6.51. The highest BCUT2D eigenvalue weighted by Crippen LogP contribution is 2.25. The molecule has 1 aliphatic heterocycles. The van der Waals surface area contributed by atoms with Crippen LogP contribution in [0.5, 0.6) is 5.75 Å². The van der Waals surface area contributed by atoms with Crippen LogP contribution in [0.1, 0.15) is 5.56 Å². The summed E-state index contributed by atoms with van der Waals surface area (Å²) in [6, 6.07) is 11.0. The SMILES string of the molecule is COC(=O)COc1ccc2cc(/C=C3\C(=O)N(CC(=O)OC)C(=N)N3C)ccc2c1. The molecule has 9 nitrogen and oxygen atoms in total. The fraction of sp³-hybridized carbons (Fsp3) is 0.238. The normalized spacial score (nSPS) is 15.1. The highest BCUT2D eigenvalue weighted by molar-refractivity contribution is 6.15. The molecule has 0 bridgehead atoms. The minimum atomic E-state index is -0.598. The number of hydrogen-bond acceptors (Lipinski definition) is 7. The van der Waals surface area contributed by atoms with Crippen molar-refractivity contribution in [2.24, 2.45) is 0 Å². The zero-order chi connectivity index (χ0) is 21.8. The van der Waals surface area contributed by atoms with Crippen molar-refractivity contribution in [2.45, 2.75) is 0 Å². The molecule has 1 aliphatic rings. The summed E-state index contributed by atoms with van der Waals surface area (Å²) < 4.78 is 14.5. The van der Waals surface area contributed by atoms with E-state index >= 15 is 0 Å². The quantitative estimate of drug-likeness (QED) is 0.568. The van der Waals surface area contributed by atoms with Gasteiger partial charge in [0.2, 0.25) is 5.96 Å². The number of carbonyl (C=O) groups is 3. The van der Waals surface area contributed by atoms with Crippen molar-refractivity contribution in [3.05, 3.63) is 47.7 Å². The van der Waals surface area contributed by atoms with E-state index in [1.807, 2.05) is 24.3 Å². The van der Waals surface area contributed by atoms with Gasteiger partial charge in [0.25, 0.3) is 5.91 Å². The van der Waals surface area contributed by atoms with Crippen molar-refractivity contribution in [3.8, 4) is 5.75 Å². The Balaban J connectivity index is 1.83. The van der Waals surface area contributed by atoms with E-state index in [1.54, 1.807) is 25.3 Å². The summed E-state index contributed by atoms with van der Waals surface area (Å²) in [4.78, 5) is 37.9. The summed E-state index contributed by atoms with van der Waals surface area (Å²) in [6.07, 6.45) is 1.66. The highest BCUT2D eigenvalue weighted by Gasteiger charge is 2.37. The molecule has 0 saturated carbocycles. The van der Waals surface area contributed by atoms with Crippen LogP contribution in [0.3, 0.4) is 0 Å². The average Bonchev–Trinajstić information content (AvgIpc) is 2.95. The molecule has 0 spiro atoms. The third kappa shape index (κ3) is 4.24. The Morgan fingerprint density at radius 2 is 1.70 bits per heavy atom. The van der Waals surface area contributed by atoms with Gasteiger partial charge in [0.15, 0.2) is 6.61 Å². The molecule has 1 N–H and O–H groups in total. The summed E-state index contributed by atoms with van der Waals surface area (Å²) in [6.45, 7) is -0.490. The van der Waals surface area contributed by atoms with Crippen LogP contribution in [-0.2, 0) is 23.9 Å². The fourth-order valence-electron chi connectivity index (χ4n) is 2.95. The van der Waals surface area contributed by atoms with Crippen LogP contribution < -0.4 is 4.74 Å². The number of nitrogens with one attached hydrogen (secondary N) is 1. The zero-order valence-electron chi connectivity index (χ0n) is 16.8. The highest BCUT2D eigenvalue weighted by atomic mass is 16.6. The van der Waals surface area contributed by atoms with Gasteiger partial charge in [0.05, 0.1) is 14.2 Å². The first-order valence-corrected chi connectivity index (χ1v) is 9.00. The van der Waals surface area contributed by atoms with Crippen molar-refractivity contribution in [2.75, 3.05) is 34.4 Å². The predicted octanol–water partition coefficient (Wildman–Crippen LogP) is 1.61. The van der Waals surface area contributed by atoms with Crippen LogP contribution in [0, 0.1) is 5.41 Å². The number of nitrogens with zero attached hydrogens (tertiary/aromatic N) is 2. The fourth-order valence-corrected chi connectivity index (χ4v) is 2.95. The van der Waals surface area contributed by atoms with Crippen molar-refractivity contribution in [1.82, 2.24) is 9.80 Å². The molecule has 9 heteroatoms. The Labute approximate surface area is 172 Å². The maximum Gasteiger partial charge on any atom is 0.343 e. The molecule has 2 aromatic carbocycles. The monoisotopic (exact) mass is 411 g/mol. The molecule has 2 aromatic rings. The van der Waals surface area contributed by atoms with Gasteiger partial charge < -0.3 is 19.1 Å². The second kappa shape index (κ2) is 8.64. The number of ether oxygens (including phenoxy) is 3. The van der Waals surface area contributed by atoms with Gasteiger partial charge in [-0.25, -0.2) is 4.79 Å². The van der Waals surface area contributed by atoms with Crippen molar-refractivity contribution >= 4 is 40.7 Å². The lowest BCUT2D eigenvalue weighted by atomic mass is 10.1. The first-order chi connectivity index (χ1) is 14.3. The van der Waals surface area contributed by atoms with Gasteiger partial charge in [0.1, 0.15) is 18.0 Å². The molecule has 1 amide bonds. The third-order valence-electron chi connectivity index (χ3n) is 4.64. The number of methoxy groups -OCH3 is 2. The molecular formula is C21H21N3O6. The molecular weight excluding hydrogens is 390 g/mol. The number of rotatable bonds is 6. The Morgan fingerprint density at radius 3 is 2.40 bits per heavy atom. The lowest BCUT2D eigenvalue weighted by Crippen LogP contribution is -2.37. The Kier molecular flexibility index (Phi) is 6.01. The molecule has 30 heavy (non-hydrogen) atoms. The Morgan fingerprint density at radius 1 is 1.03 bits per heavy atom. The molecule has 0 aliphatic carbocycles. The lowest BCUT2D eigenvalue weighted by molar-refractivity contribution is -0.143. The molecule has 0 aromatic heterocycles. The van der Waals surface area contributed by atoms with E-state index in [1.165, 1.54) is 19.1 Å². The van der Waals surface area contributed by atoms with Crippen molar-refractivity contribution < 1.29 is 28.6 Å². The molecule has 3 rings (SSSR count). The number of amides is 1. The number of hydrogen-bond donors (Lipinski definition) is 1. The number of guanidine groups is 1. The average molecular weight is 411 g/mol. The van der Waals surface area contributed by atoms with Gasteiger partial charge in [-0.15, -0.1) is 0 Å². The summed E-state index contributed by atoms with van der Waals surface area (Å²) in [7, 11) is 4.12. The maximum absolute atomic E-state index is 12.7. The van der Waals surface area contributed by atoms with Crippen LogP contribution in [0.2, 0.25) is 0 Å². The molecule has 156 valence electrons. The zero-order valence-corrected chi connectivity index (χ0v) is 16.8. The Hall–Kier alpha value is -3.88. The number of likely N-dealkylation sites (N-methyl/N-ethyl adjacent to an activating group) is 1. The molecule has 0 radical (unpaired) electrons. The van der Waals surface area contributed by atoms with Gasteiger partial charge in [0, 0.05) is 7.05 Å². The van der Waals surface area contributed by atoms with Crippen molar-refractivity contribution in [1.29, 1.82) is 5.41 Å². The minimum Gasteiger partial charge on any atom is -0.482 e. The van der Waals surface area contributed by atoms with Crippen LogP contribution in [0.4, 0.5) is 0 Å². The summed E-state index contributed by atoms with van der Waals surface area (Å²) in [5.41, 5.74) is 1.04. The predicted molar refractivity (Wildman–Crippen MR) is 109 cm³/mol. The molecule has 1 saturated heterocycles. The lowest BCUT2D eigenvalue weighted by Gasteiger charge is -2.14. The molecule has 1 fully saturated rings. The van der Waals surface area contributed by atoms with Gasteiger partial charge in [-0.1, -0.05) is 18.2 Å². The van der Waals surface area contributed by atoms with E-state index in [0.29, 0.717) is 5.75 Å². The first kappa shape index (κ1) is 20.8. The number of esters is 2. The molecule has 0 atom stereocenters. The number of benzene rings is 2. The van der Waals surface area contributed by atoms with Crippen LogP contribution in [-0.4, -0.2) is 68.0 Å². The van der Waals surface area contributed by atoms with E-state index in [2.05, 4.69) is 9.47 Å². The van der Waals surface area contributed by atoms with E-state index in [9.17, 15) is 14.4 Å². The van der Waals surface area contributed by atoms with E-state index in [-0.39, 0.29) is 24.8 Å². The van der Waals surface area contributed by atoms with Gasteiger partial charge in [-0.2, -0.15) is 0 Å². The van der Waals surface area contributed by atoms with Gasteiger partial charge in [-0.3, -0.25) is 19.9 Å². The summed E-state index contributed by atoms with van der Waals surface area (Å²) in [5, 5.41) is 9.88. The van der Waals surface area contributed by atoms with Crippen molar-refractivity contribution in [3.63, 3.8) is 0 Å². The number of fused-ring (bicyclic) bond motifs is 1. The largest absolute Gasteiger partial charge is 0.482 e. The number of carbonyl (C=O) groups excluding carboxylic acids is 3. The third-order valence-corrected chi connectivity index (χ3v) is 4.64. The van der Waals surface area contributed by atoms with E-state index in [4.69, 9.17) is 10.1 Å². The maximum atomic E-state index is 12.7. The summed E-state index contributed by atoms with van der Waals surface area (Å²) in [5.74, 6) is -1.06. The topological polar surface area (TPSA) is 109 Å². The van der Waals surface area contributed by atoms with E-state index < -0.39 is 17.8 Å². The van der Waals surface area contributed by atoms with E-state index in [0.717, 1.165) is 21.2 Å². The first-order valence-electron chi connectivity index (χ1n) is 9.00. The second-order valence-electron chi connectivity index (χ2n) is 6.51. The minimum absolute atomic E-state index is 0.0927. The standard InChI is InChI=1S/C21H21N3O6/c1-23-17(20(27)24(21(23)22)11-18(25)28-2)9-13-4-5-15-10-16(7-6-14(15)8-13)30-12-19(26)29-3/h4-10,22H,11-12H2,1-3H3/b17-9+,22-21?.